The van der Waals surface area contributed by atoms with Crippen LogP contribution in [-0.4, -0.2) is 50.7 Å². The third-order valence-corrected chi connectivity index (χ3v) is 5.87. The van der Waals surface area contributed by atoms with Gasteiger partial charge in [-0.1, -0.05) is 24.3 Å². The first-order valence-corrected chi connectivity index (χ1v) is 10.9. The summed E-state index contributed by atoms with van der Waals surface area (Å²) in [7, 11) is 0. The Labute approximate surface area is 186 Å². The van der Waals surface area contributed by atoms with Gasteiger partial charge in [-0.05, 0) is 39.3 Å². The minimum absolute atomic E-state index is 0.295. The molecule has 2 N–H and O–H groups in total. The molecule has 1 aliphatic rings. The number of nitrogens with one attached hydrogen (secondary N) is 2. The average Bonchev–Trinajstić information content (AvgIpc) is 3.14. The molecule has 0 spiro atoms. The number of aryl methyl sites for hydroxylation is 2. The van der Waals surface area contributed by atoms with Crippen molar-refractivity contribution in [1.29, 1.82) is 0 Å². The molecule has 1 aliphatic heterocycles. The van der Waals surface area contributed by atoms with E-state index in [0.29, 0.717) is 23.6 Å². The van der Waals surface area contributed by atoms with Crippen LogP contribution < -0.4 is 15.5 Å². The summed E-state index contributed by atoms with van der Waals surface area (Å²) in [6.07, 6.45) is 3.68. The fourth-order valence-corrected chi connectivity index (χ4v) is 4.58. The van der Waals surface area contributed by atoms with Gasteiger partial charge in [-0.3, -0.25) is 4.79 Å². The van der Waals surface area contributed by atoms with Gasteiger partial charge in [0.2, 0.25) is 0 Å². The van der Waals surface area contributed by atoms with Gasteiger partial charge in [0.05, 0.1) is 23.8 Å². The highest BCUT2D eigenvalue weighted by atomic mass is 16.2. The van der Waals surface area contributed by atoms with Gasteiger partial charge in [-0.15, -0.1) is 0 Å². The lowest BCUT2D eigenvalue weighted by atomic mass is 10.1. The Kier molecular flexibility index (Phi) is 5.01. The Morgan fingerprint density at radius 2 is 1.84 bits per heavy atom. The molecule has 4 heterocycles. The van der Waals surface area contributed by atoms with Gasteiger partial charge in [-0.2, -0.15) is 5.10 Å². The number of carbonyl (C=O) groups is 1. The number of hydrogen-bond acceptors (Lipinski definition) is 6. The van der Waals surface area contributed by atoms with Gasteiger partial charge < -0.3 is 15.5 Å². The third kappa shape index (κ3) is 3.67. The van der Waals surface area contributed by atoms with E-state index in [9.17, 15) is 4.79 Å². The maximum atomic E-state index is 13.1. The van der Waals surface area contributed by atoms with Gasteiger partial charge in [-0.25, -0.2) is 14.5 Å². The Hall–Kier alpha value is -3.52. The molecule has 0 bridgehead atoms. The molecule has 3 aromatic heterocycles. The summed E-state index contributed by atoms with van der Waals surface area (Å²) in [5, 5.41) is 13.0. The van der Waals surface area contributed by atoms with E-state index in [-0.39, 0.29) is 5.91 Å². The van der Waals surface area contributed by atoms with E-state index in [0.717, 1.165) is 46.5 Å². The smallest absolute Gasteiger partial charge is 0.277 e. The van der Waals surface area contributed by atoms with Crippen LogP contribution in [0.1, 0.15) is 35.6 Å². The van der Waals surface area contributed by atoms with Gasteiger partial charge in [0.1, 0.15) is 11.5 Å². The van der Waals surface area contributed by atoms with Crippen molar-refractivity contribution in [2.45, 2.75) is 39.8 Å². The van der Waals surface area contributed by atoms with Crippen LogP contribution in [0.3, 0.4) is 0 Å². The number of fused-ring (bicyclic) bond motifs is 2. The molecule has 0 radical (unpaired) electrons. The lowest BCUT2D eigenvalue weighted by Gasteiger charge is -2.38. The van der Waals surface area contributed by atoms with Crippen LogP contribution in [0.2, 0.25) is 0 Å². The molecule has 32 heavy (non-hydrogen) atoms. The van der Waals surface area contributed by atoms with Crippen molar-refractivity contribution in [2.24, 2.45) is 0 Å². The van der Waals surface area contributed by atoms with Crippen LogP contribution in [0.5, 0.6) is 0 Å². The second kappa shape index (κ2) is 7.87. The van der Waals surface area contributed by atoms with Crippen molar-refractivity contribution in [2.75, 3.05) is 23.3 Å². The molecule has 5 rings (SSSR count). The predicted molar refractivity (Wildman–Crippen MR) is 126 cm³/mol. The number of benzene rings is 1. The minimum atomic E-state index is -0.295. The molecule has 4 aromatic rings. The highest BCUT2D eigenvalue weighted by Crippen LogP contribution is 2.31. The number of rotatable bonds is 3. The van der Waals surface area contributed by atoms with Crippen LogP contribution in [0.4, 0.5) is 11.5 Å². The number of aromatic nitrogens is 4. The predicted octanol–water partition coefficient (Wildman–Crippen LogP) is 3.33. The van der Waals surface area contributed by atoms with E-state index in [4.69, 9.17) is 0 Å². The number of hydrogen-bond donors (Lipinski definition) is 2. The number of carbonyl (C=O) groups excluding carboxylic acids is 1. The number of nitrogens with zero attached hydrogens (tertiary/aromatic N) is 5. The highest BCUT2D eigenvalue weighted by Gasteiger charge is 2.23. The van der Waals surface area contributed by atoms with E-state index < -0.39 is 0 Å². The SMILES string of the molecule is Cc1cn2nc(C(=O)Nc3ncc(N4C[C@@H](C)N[C@@H](C)C4)c4ccccc34)cc(C)c2n1. The maximum absolute atomic E-state index is 13.1. The zero-order chi connectivity index (χ0) is 22.4. The van der Waals surface area contributed by atoms with Gasteiger partial charge in [0, 0.05) is 35.9 Å². The monoisotopic (exact) mass is 429 g/mol. The zero-order valence-corrected chi connectivity index (χ0v) is 18.8. The van der Waals surface area contributed by atoms with Crippen molar-refractivity contribution in [3.05, 3.63) is 59.7 Å². The molecule has 0 unspecified atom stereocenters. The summed E-state index contributed by atoms with van der Waals surface area (Å²) in [6, 6.07) is 10.6. The Balaban J connectivity index is 1.49. The molecule has 8 heteroatoms. The van der Waals surface area contributed by atoms with E-state index in [2.05, 4.69) is 50.5 Å². The van der Waals surface area contributed by atoms with Crippen LogP contribution >= 0.6 is 0 Å². The molecule has 8 nitrogen and oxygen atoms in total. The summed E-state index contributed by atoms with van der Waals surface area (Å²) < 4.78 is 1.65. The lowest BCUT2D eigenvalue weighted by molar-refractivity contribution is 0.102. The van der Waals surface area contributed by atoms with E-state index in [1.54, 1.807) is 10.6 Å². The maximum Gasteiger partial charge on any atom is 0.277 e. The molecule has 1 amide bonds. The number of amides is 1. The highest BCUT2D eigenvalue weighted by molar-refractivity contribution is 6.09. The molecule has 1 aromatic carbocycles. The van der Waals surface area contributed by atoms with E-state index in [1.165, 1.54) is 0 Å². The van der Waals surface area contributed by atoms with Gasteiger partial charge in [0.15, 0.2) is 5.65 Å². The number of anilines is 2. The largest absolute Gasteiger partial charge is 0.367 e. The van der Waals surface area contributed by atoms with Crippen LogP contribution in [0, 0.1) is 13.8 Å². The molecule has 1 saturated heterocycles. The van der Waals surface area contributed by atoms with Gasteiger partial charge in [0.25, 0.3) is 5.91 Å². The second-order valence-corrected chi connectivity index (χ2v) is 8.73. The number of piperazine rings is 1. The van der Waals surface area contributed by atoms with Crippen molar-refractivity contribution >= 4 is 33.8 Å². The second-order valence-electron chi connectivity index (χ2n) is 8.73. The number of pyridine rings is 1. The van der Waals surface area contributed by atoms with Crippen LogP contribution in [0.25, 0.3) is 16.4 Å². The van der Waals surface area contributed by atoms with Crippen LogP contribution in [0.15, 0.2) is 42.7 Å². The van der Waals surface area contributed by atoms with Crippen LogP contribution in [-0.2, 0) is 0 Å². The fourth-order valence-electron chi connectivity index (χ4n) is 4.58. The molecular weight excluding hydrogens is 402 g/mol. The zero-order valence-electron chi connectivity index (χ0n) is 18.8. The standard InChI is InChI=1S/C24H27N7O/c1-14-9-20(29-31-13-17(4)27-23(14)31)24(32)28-22-19-8-6-5-7-18(19)21(10-25-22)30-11-15(2)26-16(3)12-30/h5-10,13,15-16,26H,11-12H2,1-4H3,(H,25,28,32)/t15-,16+. The van der Waals surface area contributed by atoms with Gasteiger partial charge >= 0.3 is 0 Å². The minimum Gasteiger partial charge on any atom is -0.367 e. The molecule has 164 valence electrons. The van der Waals surface area contributed by atoms with Crippen molar-refractivity contribution in [1.82, 2.24) is 24.9 Å². The summed E-state index contributed by atoms with van der Waals surface area (Å²) in [5.74, 6) is 0.239. The van der Waals surface area contributed by atoms with E-state index in [1.807, 2.05) is 44.4 Å². The molecule has 2 atom stereocenters. The summed E-state index contributed by atoms with van der Waals surface area (Å²) in [6.45, 7) is 10.1. The van der Waals surface area contributed by atoms with Crippen molar-refractivity contribution in [3.63, 3.8) is 0 Å². The summed E-state index contributed by atoms with van der Waals surface area (Å²) in [4.78, 5) is 24.5. The topological polar surface area (TPSA) is 87.5 Å². The molecule has 1 fully saturated rings. The molecular formula is C24H27N7O. The Bertz CT molecular complexity index is 1320. The van der Waals surface area contributed by atoms with Crippen molar-refractivity contribution in [3.8, 4) is 0 Å². The normalized spacial score (nSPS) is 18.9. The summed E-state index contributed by atoms with van der Waals surface area (Å²) >= 11 is 0. The first-order chi connectivity index (χ1) is 15.4. The fraction of sp³-hybridized carbons (Fsp3) is 0.333. The Morgan fingerprint density at radius 3 is 2.59 bits per heavy atom. The third-order valence-electron chi connectivity index (χ3n) is 5.87. The first-order valence-electron chi connectivity index (χ1n) is 10.9. The quantitative estimate of drug-likeness (QED) is 0.519. The summed E-state index contributed by atoms with van der Waals surface area (Å²) in [5.41, 5.74) is 3.92. The first kappa shape index (κ1) is 20.4. The lowest BCUT2D eigenvalue weighted by Crippen LogP contribution is -2.54. The average molecular weight is 430 g/mol. The molecule has 0 aliphatic carbocycles. The van der Waals surface area contributed by atoms with E-state index >= 15 is 0 Å². The Morgan fingerprint density at radius 1 is 1.12 bits per heavy atom. The molecule has 0 saturated carbocycles. The number of imidazole rings is 1. The van der Waals surface area contributed by atoms with Crippen molar-refractivity contribution < 1.29 is 4.79 Å².